The van der Waals surface area contributed by atoms with Gasteiger partial charge in [-0.05, 0) is 6.92 Å². The van der Waals surface area contributed by atoms with Crippen LogP contribution in [0.3, 0.4) is 0 Å². The second-order valence-corrected chi connectivity index (χ2v) is 7.40. The molecular formula is C10H18F3NO3Si. The topological polar surface area (TPSA) is 30.9 Å². The Morgan fingerprint density at radius 2 is 1.83 bits per heavy atom. The molecule has 0 aromatic carbocycles. The van der Waals surface area contributed by atoms with Crippen molar-refractivity contribution in [1.29, 1.82) is 0 Å². The Labute approximate surface area is 105 Å². The summed E-state index contributed by atoms with van der Waals surface area (Å²) in [4.78, 5) is 2.14. The summed E-state index contributed by atoms with van der Waals surface area (Å²) >= 11 is 0. The minimum absolute atomic E-state index is 0.148. The molecule has 0 N–H and O–H groups in total. The van der Waals surface area contributed by atoms with Gasteiger partial charge in [0.25, 0.3) is 0 Å². The molecule has 4 nitrogen and oxygen atoms in total. The van der Waals surface area contributed by atoms with Gasteiger partial charge in [-0.3, -0.25) is 4.90 Å². The SMILES string of the molecule is CC1CN2CCO[Si](CCC(F)(F)F)(OCC2)O1. The van der Waals surface area contributed by atoms with Crippen molar-refractivity contribution in [3.05, 3.63) is 0 Å². The molecule has 0 aromatic heterocycles. The van der Waals surface area contributed by atoms with Gasteiger partial charge in [-0.25, -0.2) is 0 Å². The Hall–Kier alpha value is -0.153. The number of halogens is 3. The van der Waals surface area contributed by atoms with E-state index < -0.39 is 21.4 Å². The lowest BCUT2D eigenvalue weighted by Crippen LogP contribution is -2.57. The molecule has 3 saturated heterocycles. The zero-order valence-corrected chi connectivity index (χ0v) is 11.3. The van der Waals surface area contributed by atoms with Crippen molar-refractivity contribution in [1.82, 2.24) is 4.90 Å². The highest BCUT2D eigenvalue weighted by molar-refractivity contribution is 6.60. The van der Waals surface area contributed by atoms with Crippen LogP contribution in [0.25, 0.3) is 0 Å². The van der Waals surface area contributed by atoms with Gasteiger partial charge in [0, 0.05) is 32.1 Å². The summed E-state index contributed by atoms with van der Waals surface area (Å²) in [6, 6.07) is -0.180. The summed E-state index contributed by atoms with van der Waals surface area (Å²) in [6.07, 6.45) is -5.25. The average Bonchev–Trinajstić information content (AvgIpc) is 2.17. The largest absolute Gasteiger partial charge is 0.501 e. The van der Waals surface area contributed by atoms with E-state index >= 15 is 0 Å². The second-order valence-electron chi connectivity index (χ2n) is 4.72. The molecule has 18 heavy (non-hydrogen) atoms. The molecule has 1 atom stereocenters. The molecule has 106 valence electrons. The van der Waals surface area contributed by atoms with Gasteiger partial charge in [-0.1, -0.05) is 0 Å². The van der Waals surface area contributed by atoms with Crippen molar-refractivity contribution >= 4 is 8.80 Å². The first-order chi connectivity index (χ1) is 8.39. The lowest BCUT2D eigenvalue weighted by Gasteiger charge is -2.41. The Bertz CT molecular complexity index is 280. The molecule has 0 radical (unpaired) electrons. The fourth-order valence-corrected chi connectivity index (χ4v) is 4.98. The highest BCUT2D eigenvalue weighted by atomic mass is 28.4. The molecule has 3 fully saturated rings. The van der Waals surface area contributed by atoms with Crippen molar-refractivity contribution in [2.75, 3.05) is 32.8 Å². The Morgan fingerprint density at radius 1 is 1.22 bits per heavy atom. The van der Waals surface area contributed by atoms with Crippen molar-refractivity contribution in [2.45, 2.75) is 31.7 Å². The number of nitrogens with zero attached hydrogens (tertiary/aromatic N) is 1. The fraction of sp³-hybridized carbons (Fsp3) is 1.00. The number of rotatable bonds is 2. The summed E-state index contributed by atoms with van der Waals surface area (Å²) in [5.74, 6) is 0. The molecule has 1 unspecified atom stereocenters. The van der Waals surface area contributed by atoms with Crippen LogP contribution in [0.15, 0.2) is 0 Å². The second kappa shape index (κ2) is 5.46. The highest BCUT2D eigenvalue weighted by Crippen LogP contribution is 2.30. The molecule has 8 heteroatoms. The first-order valence-electron chi connectivity index (χ1n) is 6.13. The van der Waals surface area contributed by atoms with Crippen LogP contribution in [0.2, 0.25) is 6.04 Å². The van der Waals surface area contributed by atoms with Gasteiger partial charge in [0.2, 0.25) is 0 Å². The summed E-state index contributed by atoms with van der Waals surface area (Å²) in [6.45, 7) is 4.82. The molecule has 3 aliphatic heterocycles. The smallest absolute Gasteiger partial charge is 0.372 e. The van der Waals surface area contributed by atoms with Crippen molar-refractivity contribution in [2.24, 2.45) is 0 Å². The quantitative estimate of drug-likeness (QED) is 0.722. The molecule has 0 saturated carbocycles. The van der Waals surface area contributed by atoms with E-state index in [2.05, 4.69) is 4.90 Å². The summed E-state index contributed by atoms with van der Waals surface area (Å²) in [5.41, 5.74) is 0. The maximum absolute atomic E-state index is 12.4. The normalized spacial score (nSPS) is 38.0. The van der Waals surface area contributed by atoms with Gasteiger partial charge in [-0.15, -0.1) is 0 Å². The zero-order chi connectivity index (χ0) is 13.2. The molecule has 2 bridgehead atoms. The molecule has 0 aliphatic carbocycles. The summed E-state index contributed by atoms with van der Waals surface area (Å²) in [7, 11) is -3.15. The van der Waals surface area contributed by atoms with E-state index in [0.717, 1.165) is 19.6 Å². The van der Waals surface area contributed by atoms with Gasteiger partial charge < -0.3 is 13.3 Å². The minimum Gasteiger partial charge on any atom is -0.372 e. The Morgan fingerprint density at radius 3 is 2.39 bits per heavy atom. The molecule has 0 spiro atoms. The number of hydrogen-bond donors (Lipinski definition) is 0. The first kappa shape index (κ1) is 14.3. The van der Waals surface area contributed by atoms with E-state index in [1.54, 1.807) is 0 Å². The molecule has 3 aliphatic rings. The summed E-state index contributed by atoms with van der Waals surface area (Å²) in [5, 5.41) is 0. The van der Waals surface area contributed by atoms with E-state index in [9.17, 15) is 13.2 Å². The molecule has 3 heterocycles. The first-order valence-corrected chi connectivity index (χ1v) is 8.07. The van der Waals surface area contributed by atoms with Gasteiger partial charge in [0.1, 0.15) is 0 Å². The van der Waals surface area contributed by atoms with Crippen LogP contribution in [0, 0.1) is 0 Å². The number of hydrogen-bond acceptors (Lipinski definition) is 4. The van der Waals surface area contributed by atoms with E-state index in [0.29, 0.717) is 13.2 Å². The fourth-order valence-electron chi connectivity index (χ4n) is 2.27. The molecule has 3 rings (SSSR count). The van der Waals surface area contributed by atoms with Crippen molar-refractivity contribution < 1.29 is 26.4 Å². The predicted molar refractivity (Wildman–Crippen MR) is 60.1 cm³/mol. The Kier molecular flexibility index (Phi) is 4.32. The van der Waals surface area contributed by atoms with Gasteiger partial charge in [0.05, 0.1) is 19.3 Å². The monoisotopic (exact) mass is 285 g/mol. The molecular weight excluding hydrogens is 267 g/mol. The van der Waals surface area contributed by atoms with Crippen LogP contribution < -0.4 is 0 Å². The van der Waals surface area contributed by atoms with Crippen molar-refractivity contribution in [3.8, 4) is 0 Å². The van der Waals surface area contributed by atoms with Gasteiger partial charge in [-0.2, -0.15) is 13.2 Å². The average molecular weight is 285 g/mol. The van der Waals surface area contributed by atoms with E-state index in [-0.39, 0.29) is 12.1 Å². The third-order valence-corrected chi connectivity index (χ3v) is 5.98. The lowest BCUT2D eigenvalue weighted by molar-refractivity contribution is -0.135. The lowest BCUT2D eigenvalue weighted by atomic mass is 10.3. The van der Waals surface area contributed by atoms with Crippen LogP contribution in [0.5, 0.6) is 0 Å². The molecule has 0 aromatic rings. The minimum atomic E-state index is -4.20. The molecule has 0 amide bonds. The third kappa shape index (κ3) is 3.92. The standard InChI is InChI=1S/C10H18F3NO3Si/c1-9-8-14-3-5-15-18(17-9,16-6-4-14)7-2-10(11,12)13/h9H,2-8H2,1H3. The van der Waals surface area contributed by atoms with Gasteiger partial charge in [0.15, 0.2) is 0 Å². The maximum atomic E-state index is 12.4. The number of fused-ring (bicyclic) bond motifs is 6. The van der Waals surface area contributed by atoms with Crippen molar-refractivity contribution in [3.63, 3.8) is 0 Å². The zero-order valence-electron chi connectivity index (χ0n) is 10.3. The van der Waals surface area contributed by atoms with E-state index in [4.69, 9.17) is 13.3 Å². The third-order valence-electron chi connectivity index (χ3n) is 3.07. The van der Waals surface area contributed by atoms with Crippen LogP contribution in [-0.4, -0.2) is 58.8 Å². The van der Waals surface area contributed by atoms with Gasteiger partial charge >= 0.3 is 15.0 Å². The van der Waals surface area contributed by atoms with E-state index in [1.165, 1.54) is 0 Å². The number of alkyl halides is 3. The van der Waals surface area contributed by atoms with Crippen LogP contribution in [0.1, 0.15) is 13.3 Å². The predicted octanol–water partition coefficient (Wildman–Crippen LogP) is 1.65. The maximum Gasteiger partial charge on any atom is 0.501 e. The van der Waals surface area contributed by atoms with E-state index in [1.807, 2.05) is 6.92 Å². The highest BCUT2D eigenvalue weighted by Gasteiger charge is 2.48. The van der Waals surface area contributed by atoms with Crippen LogP contribution in [0.4, 0.5) is 13.2 Å². The Balaban J connectivity index is 2.05. The summed E-state index contributed by atoms with van der Waals surface area (Å²) < 4.78 is 53.9. The van der Waals surface area contributed by atoms with Crippen LogP contribution in [-0.2, 0) is 13.3 Å². The van der Waals surface area contributed by atoms with Crippen LogP contribution >= 0.6 is 0 Å².